The van der Waals surface area contributed by atoms with Crippen LogP contribution in [0.15, 0.2) is 78.9 Å². The van der Waals surface area contributed by atoms with E-state index < -0.39 is 0 Å². The van der Waals surface area contributed by atoms with E-state index in [1.807, 2.05) is 80.6 Å². The molecule has 4 rings (SSSR count). The van der Waals surface area contributed by atoms with Crippen LogP contribution in [0.5, 0.6) is 0 Å². The maximum Gasteiger partial charge on any atom is 0.0992 e. The number of nitriles is 2. The fraction of sp³-hybridized carbons (Fsp3) is 0.310. The average Bonchev–Trinajstić information content (AvgIpc) is 2.94. The Labute approximate surface area is 214 Å². The molecule has 0 N–H and O–H groups in total. The Morgan fingerprint density at radius 2 is 1.34 bits per heavy atom. The van der Waals surface area contributed by atoms with Crippen molar-refractivity contribution in [2.45, 2.75) is 19.9 Å². The zero-order chi connectivity index (χ0) is 25.5. The summed E-state index contributed by atoms with van der Waals surface area (Å²) in [5.74, 6) is 0. The predicted octanol–water partition coefficient (Wildman–Crippen LogP) is 6.31. The van der Waals surface area contributed by atoms with Gasteiger partial charge in [0.25, 0.3) is 0 Å². The fourth-order valence-electron chi connectivity index (χ4n) is 3.84. The number of hydrogen-bond acceptors (Lipinski definition) is 5. The number of methoxy groups -OCH3 is 1. The molecule has 3 aromatic carbocycles. The van der Waals surface area contributed by atoms with E-state index in [0.717, 1.165) is 37.4 Å². The van der Waals surface area contributed by atoms with Gasteiger partial charge in [-0.05, 0) is 35.9 Å². The van der Waals surface area contributed by atoms with E-state index in [1.165, 1.54) is 0 Å². The Hall–Kier alpha value is -3.35. The minimum Gasteiger partial charge on any atom is -0.383 e. The molecule has 1 atom stereocenters. The molecule has 0 bridgehead atoms. The van der Waals surface area contributed by atoms with Crippen LogP contribution in [0, 0.1) is 22.7 Å². The van der Waals surface area contributed by atoms with Crippen LogP contribution in [0.2, 0.25) is 5.02 Å². The second kappa shape index (κ2) is 15.5. The summed E-state index contributed by atoms with van der Waals surface area (Å²) in [6, 6.07) is 29.6. The number of piperazine rings is 1. The Kier molecular flexibility index (Phi) is 12.4. The van der Waals surface area contributed by atoms with Gasteiger partial charge in [-0.1, -0.05) is 74.0 Å². The second-order valence-electron chi connectivity index (χ2n) is 7.66. The molecular formula is C29H33ClN4O. The molecule has 0 spiro atoms. The van der Waals surface area contributed by atoms with E-state index in [2.05, 4.69) is 21.9 Å². The van der Waals surface area contributed by atoms with Crippen LogP contribution in [0.3, 0.4) is 0 Å². The number of ether oxygens (including phenoxy) is 1. The smallest absolute Gasteiger partial charge is 0.0992 e. The van der Waals surface area contributed by atoms with Crippen LogP contribution in [0.25, 0.3) is 0 Å². The summed E-state index contributed by atoms with van der Waals surface area (Å²) in [5, 5.41) is 18.6. The lowest BCUT2D eigenvalue weighted by atomic mass is 10.0. The third kappa shape index (κ3) is 8.42. The molecule has 35 heavy (non-hydrogen) atoms. The molecular weight excluding hydrogens is 456 g/mol. The molecule has 0 radical (unpaired) electrons. The van der Waals surface area contributed by atoms with Crippen LogP contribution in [-0.4, -0.2) is 44.8 Å². The Morgan fingerprint density at radius 1 is 0.829 bits per heavy atom. The highest BCUT2D eigenvalue weighted by Crippen LogP contribution is 2.29. The first kappa shape index (κ1) is 27.9. The van der Waals surface area contributed by atoms with Gasteiger partial charge in [0.1, 0.15) is 0 Å². The third-order valence-corrected chi connectivity index (χ3v) is 5.89. The summed E-state index contributed by atoms with van der Waals surface area (Å²) in [7, 11) is 1.71. The van der Waals surface area contributed by atoms with E-state index in [-0.39, 0.29) is 6.04 Å². The molecule has 182 valence electrons. The zero-order valence-electron chi connectivity index (χ0n) is 20.7. The van der Waals surface area contributed by atoms with Gasteiger partial charge >= 0.3 is 0 Å². The first-order valence-electron chi connectivity index (χ1n) is 11.8. The van der Waals surface area contributed by atoms with Crippen molar-refractivity contribution in [3.05, 3.63) is 101 Å². The van der Waals surface area contributed by atoms with Gasteiger partial charge in [-0.2, -0.15) is 10.5 Å². The second-order valence-corrected chi connectivity index (χ2v) is 8.07. The van der Waals surface area contributed by atoms with E-state index in [0.29, 0.717) is 22.8 Å². The molecule has 3 aromatic rings. The lowest BCUT2D eigenvalue weighted by molar-refractivity contribution is 0.0856. The van der Waals surface area contributed by atoms with Gasteiger partial charge in [-0.25, -0.2) is 0 Å². The highest BCUT2D eigenvalue weighted by Gasteiger charge is 2.26. The molecule has 1 unspecified atom stereocenters. The molecule has 1 heterocycles. The number of halogens is 1. The lowest BCUT2D eigenvalue weighted by Gasteiger charge is -2.40. The van der Waals surface area contributed by atoms with Crippen molar-refractivity contribution in [3.63, 3.8) is 0 Å². The van der Waals surface area contributed by atoms with Crippen molar-refractivity contribution < 1.29 is 4.74 Å². The topological polar surface area (TPSA) is 63.3 Å². The monoisotopic (exact) mass is 488 g/mol. The third-order valence-electron chi connectivity index (χ3n) is 5.59. The van der Waals surface area contributed by atoms with Crippen molar-refractivity contribution in [1.82, 2.24) is 4.90 Å². The predicted molar refractivity (Wildman–Crippen MR) is 144 cm³/mol. The molecule has 1 saturated heterocycles. The van der Waals surface area contributed by atoms with Crippen molar-refractivity contribution >= 4 is 17.3 Å². The van der Waals surface area contributed by atoms with E-state index in [1.54, 1.807) is 19.2 Å². The lowest BCUT2D eigenvalue weighted by Crippen LogP contribution is -2.48. The molecule has 1 aliphatic rings. The van der Waals surface area contributed by atoms with E-state index in [9.17, 15) is 0 Å². The van der Waals surface area contributed by atoms with Crippen molar-refractivity contribution in [1.29, 1.82) is 10.5 Å². The summed E-state index contributed by atoms with van der Waals surface area (Å²) in [6.45, 7) is 8.06. The Balaban J connectivity index is 0.000000463. The van der Waals surface area contributed by atoms with Gasteiger partial charge in [0, 0.05) is 33.3 Å². The quantitative estimate of drug-likeness (QED) is 0.421. The first-order valence-corrected chi connectivity index (χ1v) is 12.2. The van der Waals surface area contributed by atoms with Crippen LogP contribution >= 0.6 is 11.6 Å². The molecule has 0 saturated carbocycles. The average molecular weight is 489 g/mol. The van der Waals surface area contributed by atoms with Gasteiger partial charge in [0.05, 0.1) is 46.6 Å². The molecule has 5 nitrogen and oxygen atoms in total. The maximum absolute atomic E-state index is 8.99. The largest absolute Gasteiger partial charge is 0.383 e. The van der Waals surface area contributed by atoms with Gasteiger partial charge in [-0.3, -0.25) is 4.90 Å². The van der Waals surface area contributed by atoms with Crippen molar-refractivity contribution in [2.24, 2.45) is 0 Å². The molecule has 0 aromatic heterocycles. The summed E-state index contributed by atoms with van der Waals surface area (Å²) >= 11 is 6.36. The zero-order valence-corrected chi connectivity index (χ0v) is 21.4. The molecule has 6 heteroatoms. The maximum atomic E-state index is 8.99. The van der Waals surface area contributed by atoms with E-state index in [4.69, 9.17) is 26.9 Å². The Morgan fingerprint density at radius 3 is 1.80 bits per heavy atom. The van der Waals surface area contributed by atoms with Gasteiger partial charge in [-0.15, -0.1) is 0 Å². The van der Waals surface area contributed by atoms with Crippen LogP contribution in [0.4, 0.5) is 5.69 Å². The molecule has 0 amide bonds. The SMILES string of the molecule is CC.COCC(c1ccc(C#N)cc1)N1CCN(c2ccc(C#N)cc2Cl)CC1.c1ccccc1. The highest BCUT2D eigenvalue weighted by atomic mass is 35.5. The number of rotatable bonds is 5. The van der Waals surface area contributed by atoms with Crippen LogP contribution < -0.4 is 4.90 Å². The summed E-state index contributed by atoms with van der Waals surface area (Å²) in [6.07, 6.45) is 0. The molecule has 0 aliphatic carbocycles. The number of benzene rings is 3. The van der Waals surface area contributed by atoms with Crippen molar-refractivity contribution in [3.8, 4) is 12.1 Å². The van der Waals surface area contributed by atoms with Gasteiger partial charge in [0.2, 0.25) is 0 Å². The minimum atomic E-state index is 0.154. The number of anilines is 1. The molecule has 1 aliphatic heterocycles. The Bertz CT molecular complexity index is 1060. The first-order chi connectivity index (χ1) is 17.2. The van der Waals surface area contributed by atoms with Crippen LogP contribution in [0.1, 0.15) is 36.6 Å². The summed E-state index contributed by atoms with van der Waals surface area (Å²) in [4.78, 5) is 4.65. The number of nitrogens with zero attached hydrogens (tertiary/aromatic N) is 4. The van der Waals surface area contributed by atoms with Crippen LogP contribution in [-0.2, 0) is 4.74 Å². The van der Waals surface area contributed by atoms with Gasteiger partial charge in [0.15, 0.2) is 0 Å². The summed E-state index contributed by atoms with van der Waals surface area (Å²) < 4.78 is 5.45. The standard InChI is InChI=1S/C21H21ClN4O.C6H6.C2H6/c1-27-15-21(18-5-2-16(13-23)3-6-18)26-10-8-25(9-11-26)20-7-4-17(14-24)12-19(20)22;1-2-4-6-5-3-1;1-2/h2-7,12,21H,8-11,15H2,1H3;1-6H;1-2H3. The fourth-order valence-corrected chi connectivity index (χ4v) is 4.14. The van der Waals surface area contributed by atoms with E-state index >= 15 is 0 Å². The highest BCUT2D eigenvalue weighted by molar-refractivity contribution is 6.33. The molecule has 1 fully saturated rings. The summed E-state index contributed by atoms with van der Waals surface area (Å²) in [5.41, 5.74) is 3.36. The minimum absolute atomic E-state index is 0.154. The normalized spacial score (nSPS) is 13.7. The number of hydrogen-bond donors (Lipinski definition) is 0. The van der Waals surface area contributed by atoms with Gasteiger partial charge < -0.3 is 9.64 Å². The van der Waals surface area contributed by atoms with Crippen molar-refractivity contribution in [2.75, 3.05) is 44.8 Å².